The number of benzene rings is 2. The van der Waals surface area contributed by atoms with Crippen LogP contribution in [0.1, 0.15) is 24.6 Å². The Kier molecular flexibility index (Phi) is 9.35. The summed E-state index contributed by atoms with van der Waals surface area (Å²) in [6.45, 7) is 11.1. The molecule has 0 saturated carbocycles. The average molecular weight is 634 g/mol. The second kappa shape index (κ2) is 13.6. The highest BCUT2D eigenvalue weighted by Gasteiger charge is 2.35. The van der Waals surface area contributed by atoms with Gasteiger partial charge in [-0.1, -0.05) is 49.4 Å². The molecule has 1 unspecified atom stereocenters. The summed E-state index contributed by atoms with van der Waals surface area (Å²) in [7, 11) is 0. The van der Waals surface area contributed by atoms with E-state index in [-0.39, 0.29) is 25.1 Å². The zero-order valence-corrected chi connectivity index (χ0v) is 26.2. The fourth-order valence-electron chi connectivity index (χ4n) is 6.55. The second-order valence-corrected chi connectivity index (χ2v) is 12.0. The van der Waals surface area contributed by atoms with E-state index in [4.69, 9.17) is 31.0 Å². The summed E-state index contributed by atoms with van der Waals surface area (Å²) >= 11 is 6.69. The SMILES string of the molecule is C=C(F)C(=O)N1CCN(c2nc(OCC3CN(CC)CCO3)nc3c2CCN(c2cccc4cccc(Cl)c24)C3)C[C@@H]1CC#N. The van der Waals surface area contributed by atoms with Gasteiger partial charge in [0, 0.05) is 55.9 Å². The lowest BCUT2D eigenvalue weighted by molar-refractivity contribution is -0.131. The Morgan fingerprint density at radius 3 is 2.76 bits per heavy atom. The van der Waals surface area contributed by atoms with Crippen LogP contribution in [-0.2, 0) is 22.5 Å². The van der Waals surface area contributed by atoms with Crippen LogP contribution in [0.2, 0.25) is 5.02 Å². The largest absolute Gasteiger partial charge is 0.461 e. The Hall–Kier alpha value is -3.98. The zero-order valence-electron chi connectivity index (χ0n) is 25.4. The summed E-state index contributed by atoms with van der Waals surface area (Å²) in [4.78, 5) is 30.4. The van der Waals surface area contributed by atoms with Gasteiger partial charge in [-0.25, -0.2) is 4.39 Å². The number of nitriles is 1. The molecule has 2 aromatic carbocycles. The smallest absolute Gasteiger partial charge is 0.318 e. The minimum absolute atomic E-state index is 0.0642. The third-order valence-corrected chi connectivity index (χ3v) is 9.18. The zero-order chi connectivity index (χ0) is 31.5. The third-order valence-electron chi connectivity index (χ3n) is 8.87. The monoisotopic (exact) mass is 633 g/mol. The van der Waals surface area contributed by atoms with Crippen LogP contribution < -0.4 is 14.5 Å². The number of likely N-dealkylation sites (N-methyl/N-ethyl adjacent to an activating group) is 1. The molecule has 0 aliphatic carbocycles. The molecule has 0 spiro atoms. The van der Waals surface area contributed by atoms with Gasteiger partial charge in [-0.05, 0) is 30.5 Å². The van der Waals surface area contributed by atoms with Gasteiger partial charge in [0.05, 0.1) is 42.4 Å². The van der Waals surface area contributed by atoms with Gasteiger partial charge in [0.25, 0.3) is 5.91 Å². The Balaban J connectivity index is 1.32. The number of rotatable bonds is 8. The van der Waals surface area contributed by atoms with Crippen molar-refractivity contribution in [1.82, 2.24) is 19.8 Å². The Morgan fingerprint density at radius 1 is 1.16 bits per heavy atom. The van der Waals surface area contributed by atoms with Gasteiger partial charge in [-0.3, -0.25) is 9.69 Å². The van der Waals surface area contributed by atoms with E-state index in [0.29, 0.717) is 44.3 Å². The predicted molar refractivity (Wildman–Crippen MR) is 171 cm³/mol. The van der Waals surface area contributed by atoms with Crippen LogP contribution in [-0.4, -0.2) is 96.8 Å². The lowest BCUT2D eigenvalue weighted by Gasteiger charge is -2.42. The minimum atomic E-state index is -1.03. The average Bonchev–Trinajstić information content (AvgIpc) is 3.06. The van der Waals surface area contributed by atoms with Crippen molar-refractivity contribution in [1.29, 1.82) is 5.26 Å². The van der Waals surface area contributed by atoms with Crippen LogP contribution in [0.4, 0.5) is 15.9 Å². The van der Waals surface area contributed by atoms with Crippen molar-refractivity contribution in [3.8, 4) is 12.1 Å². The van der Waals surface area contributed by atoms with Gasteiger partial charge in [0.1, 0.15) is 18.5 Å². The summed E-state index contributed by atoms with van der Waals surface area (Å²) in [5, 5.41) is 12.3. The summed E-state index contributed by atoms with van der Waals surface area (Å²) in [5.41, 5.74) is 2.88. The fourth-order valence-corrected chi connectivity index (χ4v) is 6.83. The highest BCUT2D eigenvalue weighted by Crippen LogP contribution is 2.37. The lowest BCUT2D eigenvalue weighted by Crippen LogP contribution is -2.55. The molecular formula is C33H37ClFN7O3. The first-order valence-electron chi connectivity index (χ1n) is 15.4. The number of halogens is 2. The third kappa shape index (κ3) is 6.54. The standard InChI is InChI=1S/C33H37ClFN7O3/c1-3-39-16-17-44-25(19-39)21-45-33-37-28-20-40(29-9-5-7-23-6-4-8-27(34)30(23)29)13-11-26(28)31(38-33)41-14-15-42(32(43)22(2)35)24(18-41)10-12-36/h4-9,24-25H,2-3,10-11,13-21H2,1H3/t24-,25?/m0/s1. The molecule has 3 aliphatic rings. The first-order valence-corrected chi connectivity index (χ1v) is 15.8. The Morgan fingerprint density at radius 2 is 1.98 bits per heavy atom. The maximum Gasteiger partial charge on any atom is 0.318 e. The minimum Gasteiger partial charge on any atom is -0.461 e. The molecule has 12 heteroatoms. The summed E-state index contributed by atoms with van der Waals surface area (Å²) in [6, 6.07) is 14.0. The number of carbonyl (C=O) groups excluding carboxylic acids is 1. The summed E-state index contributed by atoms with van der Waals surface area (Å²) < 4.78 is 26.0. The number of piperazine rings is 1. The number of morpholine rings is 1. The summed E-state index contributed by atoms with van der Waals surface area (Å²) in [6.07, 6.45) is 0.639. The summed E-state index contributed by atoms with van der Waals surface area (Å²) in [5.74, 6) is -1.08. The molecule has 4 heterocycles. The Labute approximate surface area is 267 Å². The van der Waals surface area contributed by atoms with Gasteiger partial charge in [-0.15, -0.1) is 0 Å². The fraction of sp³-hybridized carbons (Fsp3) is 0.455. The van der Waals surface area contributed by atoms with Crippen molar-refractivity contribution in [3.63, 3.8) is 0 Å². The van der Waals surface area contributed by atoms with Crippen LogP contribution >= 0.6 is 11.6 Å². The van der Waals surface area contributed by atoms with E-state index in [1.807, 2.05) is 18.2 Å². The maximum absolute atomic E-state index is 13.8. The van der Waals surface area contributed by atoms with Gasteiger partial charge in [-0.2, -0.15) is 15.2 Å². The molecule has 1 amide bonds. The van der Waals surface area contributed by atoms with E-state index < -0.39 is 17.8 Å². The topological polar surface area (TPSA) is 98.1 Å². The molecule has 0 N–H and O–H groups in total. The van der Waals surface area contributed by atoms with E-state index >= 15 is 0 Å². The second-order valence-electron chi connectivity index (χ2n) is 11.6. The van der Waals surface area contributed by atoms with Crippen molar-refractivity contribution in [2.75, 3.05) is 68.8 Å². The van der Waals surface area contributed by atoms with Gasteiger partial charge >= 0.3 is 6.01 Å². The normalized spacial score (nSPS) is 20.5. The number of hydrogen-bond acceptors (Lipinski definition) is 9. The molecule has 10 nitrogen and oxygen atoms in total. The van der Waals surface area contributed by atoms with Crippen LogP contribution in [0, 0.1) is 11.3 Å². The molecule has 45 heavy (non-hydrogen) atoms. The van der Waals surface area contributed by atoms with Crippen molar-refractivity contribution in [2.24, 2.45) is 0 Å². The number of carbonyl (C=O) groups is 1. The van der Waals surface area contributed by atoms with Crippen molar-refractivity contribution in [3.05, 3.63) is 65.1 Å². The first-order chi connectivity index (χ1) is 21.9. The highest BCUT2D eigenvalue weighted by molar-refractivity contribution is 6.36. The number of hydrogen-bond donors (Lipinski definition) is 0. The van der Waals surface area contributed by atoms with Crippen molar-refractivity contribution in [2.45, 2.75) is 38.5 Å². The molecule has 1 aromatic heterocycles. The predicted octanol–water partition coefficient (Wildman–Crippen LogP) is 4.36. The quantitative estimate of drug-likeness (QED) is 0.335. The molecule has 3 aromatic rings. The molecule has 0 bridgehead atoms. The van der Waals surface area contributed by atoms with Crippen LogP contribution in [0.5, 0.6) is 6.01 Å². The van der Waals surface area contributed by atoms with Gasteiger partial charge in [0.15, 0.2) is 5.83 Å². The van der Waals surface area contributed by atoms with E-state index in [1.54, 1.807) is 0 Å². The molecular weight excluding hydrogens is 597 g/mol. The molecule has 2 saturated heterocycles. The molecule has 2 atom stereocenters. The number of aromatic nitrogens is 2. The van der Waals surface area contributed by atoms with Gasteiger partial charge < -0.3 is 24.2 Å². The molecule has 3 aliphatic heterocycles. The number of fused-ring (bicyclic) bond motifs is 2. The number of amides is 1. The van der Waals surface area contributed by atoms with E-state index in [9.17, 15) is 14.4 Å². The molecule has 2 fully saturated rings. The first kappa shape index (κ1) is 31.0. The Bertz CT molecular complexity index is 1630. The maximum atomic E-state index is 13.8. The van der Waals surface area contributed by atoms with E-state index in [0.717, 1.165) is 59.7 Å². The van der Waals surface area contributed by atoms with Crippen LogP contribution in [0.3, 0.4) is 0 Å². The molecule has 6 rings (SSSR count). The number of ether oxygens (including phenoxy) is 2. The van der Waals surface area contributed by atoms with Crippen molar-refractivity contribution < 1.29 is 18.7 Å². The lowest BCUT2D eigenvalue weighted by atomic mass is 10.0. The van der Waals surface area contributed by atoms with Crippen molar-refractivity contribution >= 4 is 39.8 Å². The van der Waals surface area contributed by atoms with Crippen LogP contribution in [0.25, 0.3) is 10.8 Å². The molecule has 0 radical (unpaired) electrons. The highest BCUT2D eigenvalue weighted by atomic mass is 35.5. The van der Waals surface area contributed by atoms with Gasteiger partial charge in [0.2, 0.25) is 0 Å². The van der Waals surface area contributed by atoms with E-state index in [2.05, 4.69) is 52.5 Å². The molecule has 236 valence electrons. The number of anilines is 2. The van der Waals surface area contributed by atoms with Crippen LogP contribution in [0.15, 0.2) is 48.8 Å². The number of nitrogens with zero attached hydrogens (tertiary/aromatic N) is 7. The van der Waals surface area contributed by atoms with E-state index in [1.165, 1.54) is 4.90 Å².